The van der Waals surface area contributed by atoms with Crippen molar-refractivity contribution in [3.8, 4) is 11.4 Å². The molecular formula is C19H20ClN3O3. The number of likely N-dealkylation sites (tertiary alicyclic amines) is 1. The van der Waals surface area contributed by atoms with Crippen LogP contribution in [0.2, 0.25) is 5.02 Å². The van der Waals surface area contributed by atoms with Crippen LogP contribution in [-0.2, 0) is 9.47 Å². The molecule has 3 heterocycles. The van der Waals surface area contributed by atoms with E-state index in [0.717, 1.165) is 38.0 Å². The molecule has 2 saturated heterocycles. The summed E-state index contributed by atoms with van der Waals surface area (Å²) in [7, 11) is 0. The molecule has 2 aliphatic rings. The van der Waals surface area contributed by atoms with Crippen molar-refractivity contribution >= 4 is 17.6 Å². The Morgan fingerprint density at radius 1 is 1.19 bits per heavy atom. The van der Waals surface area contributed by atoms with Gasteiger partial charge in [-0.25, -0.2) is 14.8 Å². The molecule has 4 rings (SSSR count). The van der Waals surface area contributed by atoms with E-state index in [1.54, 1.807) is 6.07 Å². The Labute approximate surface area is 157 Å². The average molecular weight is 374 g/mol. The quantitative estimate of drug-likeness (QED) is 0.751. The lowest BCUT2D eigenvalue weighted by Gasteiger charge is -2.31. The van der Waals surface area contributed by atoms with Gasteiger partial charge >= 0.3 is 5.97 Å². The first-order valence-electron chi connectivity index (χ1n) is 8.81. The van der Waals surface area contributed by atoms with Crippen molar-refractivity contribution in [2.75, 3.05) is 26.2 Å². The van der Waals surface area contributed by atoms with Gasteiger partial charge in [-0.05, 0) is 25.0 Å². The Kier molecular flexibility index (Phi) is 5.15. The van der Waals surface area contributed by atoms with Gasteiger partial charge in [0.05, 0.1) is 22.8 Å². The van der Waals surface area contributed by atoms with E-state index in [1.807, 2.05) is 18.2 Å². The third-order valence-corrected chi connectivity index (χ3v) is 5.09. The normalized spacial score (nSPS) is 22.3. The number of aromatic nitrogens is 2. The third kappa shape index (κ3) is 3.87. The highest BCUT2D eigenvalue weighted by Gasteiger charge is 2.33. The lowest BCUT2D eigenvalue weighted by atomic mass is 10.2. The van der Waals surface area contributed by atoms with Crippen molar-refractivity contribution in [1.82, 2.24) is 14.9 Å². The van der Waals surface area contributed by atoms with Gasteiger partial charge in [0.1, 0.15) is 6.61 Å². The molecule has 26 heavy (non-hydrogen) atoms. The van der Waals surface area contributed by atoms with Crippen LogP contribution in [0.1, 0.15) is 23.2 Å². The van der Waals surface area contributed by atoms with Crippen LogP contribution in [-0.4, -0.2) is 59.3 Å². The van der Waals surface area contributed by atoms with Crippen molar-refractivity contribution < 1.29 is 14.3 Å². The number of carbonyl (C=O) groups is 1. The highest BCUT2D eigenvalue weighted by atomic mass is 35.5. The van der Waals surface area contributed by atoms with E-state index in [0.29, 0.717) is 35.2 Å². The molecule has 2 fully saturated rings. The lowest BCUT2D eigenvalue weighted by molar-refractivity contribution is -0.0431. The van der Waals surface area contributed by atoms with Crippen LogP contribution < -0.4 is 0 Å². The molecule has 7 heteroatoms. The molecule has 1 aromatic heterocycles. The Morgan fingerprint density at radius 3 is 2.58 bits per heavy atom. The van der Waals surface area contributed by atoms with Crippen LogP contribution in [0.4, 0.5) is 0 Å². The molecular weight excluding hydrogens is 354 g/mol. The van der Waals surface area contributed by atoms with Crippen LogP contribution in [0.5, 0.6) is 0 Å². The first-order chi connectivity index (χ1) is 12.7. The molecule has 0 aliphatic carbocycles. The van der Waals surface area contributed by atoms with Crippen LogP contribution in [0, 0.1) is 0 Å². The van der Waals surface area contributed by atoms with Gasteiger partial charge < -0.3 is 9.47 Å². The van der Waals surface area contributed by atoms with Crippen LogP contribution in [0.15, 0.2) is 36.7 Å². The van der Waals surface area contributed by atoms with Gasteiger partial charge in [-0.3, -0.25) is 4.90 Å². The van der Waals surface area contributed by atoms with Gasteiger partial charge in [-0.1, -0.05) is 23.7 Å². The molecule has 2 bridgehead atoms. The zero-order valence-corrected chi connectivity index (χ0v) is 15.1. The minimum Gasteiger partial charge on any atom is -0.461 e. The number of esters is 1. The maximum atomic E-state index is 12.2. The summed E-state index contributed by atoms with van der Waals surface area (Å²) in [6.07, 6.45) is 5.91. The summed E-state index contributed by atoms with van der Waals surface area (Å²) in [5, 5.41) is 0.572. The van der Waals surface area contributed by atoms with Gasteiger partial charge in [0.2, 0.25) is 0 Å². The second kappa shape index (κ2) is 7.70. The van der Waals surface area contributed by atoms with E-state index in [1.165, 1.54) is 12.4 Å². The number of ether oxygens (including phenoxy) is 2. The van der Waals surface area contributed by atoms with Gasteiger partial charge in [-0.2, -0.15) is 0 Å². The summed E-state index contributed by atoms with van der Waals surface area (Å²) in [6.45, 7) is 2.92. The predicted octanol–water partition coefficient (Wildman–Crippen LogP) is 2.82. The first kappa shape index (κ1) is 17.4. The zero-order chi connectivity index (χ0) is 17.9. The molecule has 0 N–H and O–H groups in total. The number of hydrogen-bond donors (Lipinski definition) is 0. The molecule has 6 nitrogen and oxygen atoms in total. The average Bonchev–Trinajstić information content (AvgIpc) is 3.00. The number of halogens is 1. The summed E-state index contributed by atoms with van der Waals surface area (Å²) in [5.41, 5.74) is 1.07. The second-order valence-electron chi connectivity index (χ2n) is 6.63. The van der Waals surface area contributed by atoms with E-state index < -0.39 is 5.97 Å². The van der Waals surface area contributed by atoms with Crippen LogP contribution in [0.3, 0.4) is 0 Å². The van der Waals surface area contributed by atoms with Crippen molar-refractivity contribution in [2.45, 2.75) is 25.0 Å². The Hall–Kier alpha value is -2.02. The van der Waals surface area contributed by atoms with Gasteiger partial charge in [0.25, 0.3) is 0 Å². The van der Waals surface area contributed by atoms with Crippen molar-refractivity contribution in [3.05, 3.63) is 47.2 Å². The molecule has 2 unspecified atom stereocenters. The molecule has 0 spiro atoms. The van der Waals surface area contributed by atoms with E-state index >= 15 is 0 Å². The number of morpholine rings is 1. The fourth-order valence-corrected chi connectivity index (χ4v) is 3.67. The highest BCUT2D eigenvalue weighted by molar-refractivity contribution is 6.33. The maximum absolute atomic E-state index is 12.2. The summed E-state index contributed by atoms with van der Waals surface area (Å²) >= 11 is 6.14. The van der Waals surface area contributed by atoms with E-state index in [2.05, 4.69) is 14.9 Å². The van der Waals surface area contributed by atoms with Crippen molar-refractivity contribution in [3.63, 3.8) is 0 Å². The van der Waals surface area contributed by atoms with Crippen LogP contribution >= 0.6 is 11.6 Å². The number of rotatable bonds is 5. The SMILES string of the molecule is O=C(OCCN1CC2CCC(C1)O2)c1cnc(-c2ccccc2Cl)nc1. The topological polar surface area (TPSA) is 64.5 Å². The number of hydrogen-bond acceptors (Lipinski definition) is 6. The zero-order valence-electron chi connectivity index (χ0n) is 14.3. The standard InChI is InChI=1S/C19H20ClN3O3/c20-17-4-2-1-3-16(17)18-21-9-13(10-22-18)19(24)25-8-7-23-11-14-5-6-15(12-23)26-14/h1-4,9-10,14-15H,5-8,11-12H2. The molecule has 1 aromatic carbocycles. The molecule has 0 radical (unpaired) electrons. The van der Waals surface area contributed by atoms with E-state index in [9.17, 15) is 4.79 Å². The van der Waals surface area contributed by atoms with Crippen LogP contribution in [0.25, 0.3) is 11.4 Å². The summed E-state index contributed by atoms with van der Waals surface area (Å²) in [4.78, 5) is 22.9. The van der Waals surface area contributed by atoms with Gasteiger partial charge in [0.15, 0.2) is 5.82 Å². The fraction of sp³-hybridized carbons (Fsp3) is 0.421. The molecule has 2 aliphatic heterocycles. The molecule has 2 atom stereocenters. The first-order valence-corrected chi connectivity index (χ1v) is 9.19. The minimum atomic E-state index is -0.410. The summed E-state index contributed by atoms with van der Waals surface area (Å²) < 4.78 is 11.2. The summed E-state index contributed by atoms with van der Waals surface area (Å²) in [5.74, 6) is 0.0721. The Morgan fingerprint density at radius 2 is 1.88 bits per heavy atom. The predicted molar refractivity (Wildman–Crippen MR) is 97.1 cm³/mol. The Balaban J connectivity index is 1.30. The number of nitrogens with zero attached hydrogens (tertiary/aromatic N) is 3. The molecule has 136 valence electrons. The van der Waals surface area contributed by atoms with Gasteiger partial charge in [0, 0.05) is 37.6 Å². The summed E-state index contributed by atoms with van der Waals surface area (Å²) in [6, 6.07) is 7.33. The largest absolute Gasteiger partial charge is 0.461 e. The third-order valence-electron chi connectivity index (χ3n) is 4.76. The minimum absolute atomic E-state index is 0.336. The molecule has 2 aromatic rings. The molecule has 0 saturated carbocycles. The van der Waals surface area contributed by atoms with Gasteiger partial charge in [-0.15, -0.1) is 0 Å². The molecule has 0 amide bonds. The fourth-order valence-electron chi connectivity index (χ4n) is 3.45. The van der Waals surface area contributed by atoms with E-state index in [4.69, 9.17) is 21.1 Å². The lowest BCUT2D eigenvalue weighted by Crippen LogP contribution is -2.44. The smallest absolute Gasteiger partial charge is 0.341 e. The van der Waals surface area contributed by atoms with Crippen molar-refractivity contribution in [2.24, 2.45) is 0 Å². The number of carbonyl (C=O) groups excluding carboxylic acids is 1. The second-order valence-corrected chi connectivity index (χ2v) is 7.04. The van der Waals surface area contributed by atoms with Crippen molar-refractivity contribution in [1.29, 1.82) is 0 Å². The number of benzene rings is 1. The highest BCUT2D eigenvalue weighted by Crippen LogP contribution is 2.26. The maximum Gasteiger partial charge on any atom is 0.341 e. The monoisotopic (exact) mass is 373 g/mol. The van der Waals surface area contributed by atoms with E-state index in [-0.39, 0.29) is 0 Å². The number of fused-ring (bicyclic) bond motifs is 2. The Bertz CT molecular complexity index is 772.